The minimum absolute atomic E-state index is 0.0367. The fourth-order valence-corrected chi connectivity index (χ4v) is 1.57. The Balaban J connectivity index is 2.68. The molecule has 0 amide bonds. The molecular formula is C9H8N4O4. The molecule has 1 heterocycles. The molecule has 0 aliphatic rings. The Kier molecular flexibility index (Phi) is 2.79. The highest BCUT2D eigenvalue weighted by atomic mass is 16.6. The summed E-state index contributed by atoms with van der Waals surface area (Å²) < 4.78 is 4.49. The van der Waals surface area contributed by atoms with Gasteiger partial charge in [-0.3, -0.25) is 10.1 Å². The molecule has 0 aliphatic carbocycles. The first-order valence-corrected chi connectivity index (χ1v) is 4.71. The first-order valence-electron chi connectivity index (χ1n) is 4.71. The number of nitrogens with zero attached hydrogens (tertiary/aromatic N) is 3. The van der Waals surface area contributed by atoms with Crippen LogP contribution in [0, 0.1) is 10.1 Å². The average Bonchev–Trinajstić information content (AvgIpc) is 2.79. The van der Waals surface area contributed by atoms with Gasteiger partial charge in [0.05, 0.1) is 11.0 Å². The molecule has 88 valence electrons. The van der Waals surface area contributed by atoms with Crippen molar-refractivity contribution in [3.8, 4) is 0 Å². The lowest BCUT2D eigenvalue weighted by Gasteiger charge is -2.08. The minimum atomic E-state index is -0.606. The second kappa shape index (κ2) is 4.26. The highest BCUT2D eigenvalue weighted by molar-refractivity contribution is 5.88. The van der Waals surface area contributed by atoms with Crippen LogP contribution in [-0.4, -0.2) is 28.6 Å². The van der Waals surface area contributed by atoms with Crippen LogP contribution in [0.2, 0.25) is 0 Å². The number of nitro benzene ring substituents is 1. The van der Waals surface area contributed by atoms with Gasteiger partial charge in [0.1, 0.15) is 11.8 Å². The molecule has 1 aromatic heterocycles. The van der Waals surface area contributed by atoms with Crippen LogP contribution in [0.5, 0.6) is 0 Å². The molecule has 2 aromatic rings. The number of benzene rings is 1. The smallest absolute Gasteiger partial charge is 0.300 e. The number of likely N-dealkylation sites (N-methyl/N-ethyl adjacent to an activating group) is 1. The number of aldehydes is 1. The first kappa shape index (κ1) is 11.1. The zero-order valence-electron chi connectivity index (χ0n) is 8.78. The number of nitrogens with one attached hydrogen (secondary N) is 1. The molecule has 0 bridgehead atoms. The third-order valence-corrected chi connectivity index (χ3v) is 2.40. The standard InChI is InChI=1S/C9H8N4O4/c1-10-6(4-14)5-2-3-7(13(15)16)9-8(5)11-17-12-9/h2-4,6,10H,1H3. The maximum absolute atomic E-state index is 10.8. The maximum Gasteiger partial charge on any atom is 0.300 e. The van der Waals surface area contributed by atoms with Gasteiger partial charge >= 0.3 is 5.69 Å². The van der Waals surface area contributed by atoms with Crippen molar-refractivity contribution in [3.05, 3.63) is 27.8 Å². The zero-order chi connectivity index (χ0) is 12.4. The van der Waals surface area contributed by atoms with E-state index in [1.165, 1.54) is 12.1 Å². The predicted octanol–water partition coefficient (Wildman–Crippen LogP) is 0.590. The van der Waals surface area contributed by atoms with Crippen molar-refractivity contribution in [2.75, 3.05) is 7.05 Å². The lowest BCUT2D eigenvalue weighted by molar-refractivity contribution is -0.383. The molecule has 1 N–H and O–H groups in total. The quantitative estimate of drug-likeness (QED) is 0.469. The van der Waals surface area contributed by atoms with Gasteiger partial charge in [0.15, 0.2) is 0 Å². The molecule has 1 atom stereocenters. The van der Waals surface area contributed by atoms with Crippen LogP contribution in [0.25, 0.3) is 11.0 Å². The molecule has 17 heavy (non-hydrogen) atoms. The van der Waals surface area contributed by atoms with Crippen molar-refractivity contribution in [2.24, 2.45) is 0 Å². The van der Waals surface area contributed by atoms with Crippen molar-refractivity contribution < 1.29 is 14.3 Å². The van der Waals surface area contributed by atoms with E-state index in [0.717, 1.165) is 0 Å². The summed E-state index contributed by atoms with van der Waals surface area (Å²) in [5.41, 5.74) is 0.537. The molecule has 0 fully saturated rings. The minimum Gasteiger partial charge on any atom is -0.307 e. The largest absolute Gasteiger partial charge is 0.307 e. The predicted molar refractivity (Wildman–Crippen MR) is 56.3 cm³/mol. The van der Waals surface area contributed by atoms with E-state index in [4.69, 9.17) is 0 Å². The SMILES string of the molecule is CNC(C=O)c1ccc([N+](=O)[O-])c2nonc12. The number of nitro groups is 1. The maximum atomic E-state index is 10.8. The fraction of sp³-hybridized carbons (Fsp3) is 0.222. The monoisotopic (exact) mass is 236 g/mol. The number of hydrogen-bond donors (Lipinski definition) is 1. The summed E-state index contributed by atoms with van der Waals surface area (Å²) in [5, 5.41) is 20.6. The summed E-state index contributed by atoms with van der Waals surface area (Å²) in [7, 11) is 1.60. The van der Waals surface area contributed by atoms with Crippen LogP contribution < -0.4 is 5.32 Å². The van der Waals surface area contributed by atoms with Crippen molar-refractivity contribution in [3.63, 3.8) is 0 Å². The summed E-state index contributed by atoms with van der Waals surface area (Å²) in [5.74, 6) is 0. The van der Waals surface area contributed by atoms with E-state index >= 15 is 0 Å². The number of carbonyl (C=O) groups excluding carboxylic acids is 1. The zero-order valence-corrected chi connectivity index (χ0v) is 8.78. The summed E-state index contributed by atoms with van der Waals surface area (Å²) in [6.07, 6.45) is 0.676. The Hall–Kier alpha value is -2.35. The summed E-state index contributed by atoms with van der Waals surface area (Å²) in [4.78, 5) is 21.0. The van der Waals surface area contributed by atoms with Crippen molar-refractivity contribution in [1.29, 1.82) is 0 Å². The van der Waals surface area contributed by atoms with Crippen LogP contribution in [-0.2, 0) is 4.79 Å². The topological polar surface area (TPSA) is 111 Å². The normalized spacial score (nSPS) is 12.5. The molecular weight excluding hydrogens is 228 g/mol. The molecule has 0 spiro atoms. The number of aromatic nitrogens is 2. The Morgan fingerprint density at radius 2 is 2.18 bits per heavy atom. The van der Waals surface area contributed by atoms with E-state index in [0.29, 0.717) is 11.8 Å². The van der Waals surface area contributed by atoms with Crippen LogP contribution in [0.4, 0.5) is 5.69 Å². The molecule has 2 rings (SSSR count). The highest BCUT2D eigenvalue weighted by Gasteiger charge is 2.22. The number of carbonyl (C=O) groups is 1. The lowest BCUT2D eigenvalue weighted by Crippen LogP contribution is -2.17. The van der Waals surface area contributed by atoms with Gasteiger partial charge in [-0.05, 0) is 23.4 Å². The second-order valence-corrected chi connectivity index (χ2v) is 3.29. The van der Waals surface area contributed by atoms with E-state index in [9.17, 15) is 14.9 Å². The van der Waals surface area contributed by atoms with Gasteiger partial charge in [-0.1, -0.05) is 0 Å². The summed E-state index contributed by atoms with van der Waals surface area (Å²) in [6.45, 7) is 0. The molecule has 1 aromatic carbocycles. The Morgan fingerprint density at radius 3 is 2.76 bits per heavy atom. The van der Waals surface area contributed by atoms with E-state index in [1.807, 2.05) is 0 Å². The molecule has 0 aliphatic heterocycles. The van der Waals surface area contributed by atoms with Gasteiger partial charge in [0, 0.05) is 11.6 Å². The third-order valence-electron chi connectivity index (χ3n) is 2.40. The van der Waals surface area contributed by atoms with Crippen LogP contribution in [0.1, 0.15) is 11.6 Å². The molecule has 0 saturated heterocycles. The molecule has 0 radical (unpaired) electrons. The number of non-ortho nitro benzene ring substituents is 1. The van der Waals surface area contributed by atoms with E-state index in [1.54, 1.807) is 7.05 Å². The Bertz CT molecular complexity index is 579. The van der Waals surface area contributed by atoms with Gasteiger partial charge < -0.3 is 10.1 Å². The molecule has 8 heteroatoms. The number of fused-ring (bicyclic) bond motifs is 1. The van der Waals surface area contributed by atoms with Crippen LogP contribution in [0.15, 0.2) is 16.8 Å². The van der Waals surface area contributed by atoms with Gasteiger partial charge in [0.2, 0.25) is 5.52 Å². The van der Waals surface area contributed by atoms with Gasteiger partial charge in [0.25, 0.3) is 0 Å². The van der Waals surface area contributed by atoms with E-state index < -0.39 is 11.0 Å². The van der Waals surface area contributed by atoms with Gasteiger partial charge in [-0.15, -0.1) is 0 Å². The second-order valence-electron chi connectivity index (χ2n) is 3.29. The highest BCUT2D eigenvalue weighted by Crippen LogP contribution is 2.28. The fourth-order valence-electron chi connectivity index (χ4n) is 1.57. The van der Waals surface area contributed by atoms with E-state index in [2.05, 4.69) is 20.3 Å². The molecule has 0 saturated carbocycles. The van der Waals surface area contributed by atoms with Crippen molar-refractivity contribution in [1.82, 2.24) is 15.6 Å². The third kappa shape index (κ3) is 1.74. The van der Waals surface area contributed by atoms with Crippen LogP contribution in [0.3, 0.4) is 0 Å². The van der Waals surface area contributed by atoms with Crippen molar-refractivity contribution >= 4 is 23.0 Å². The van der Waals surface area contributed by atoms with Crippen molar-refractivity contribution in [2.45, 2.75) is 6.04 Å². The van der Waals surface area contributed by atoms with Gasteiger partial charge in [-0.25, -0.2) is 4.63 Å². The Morgan fingerprint density at radius 1 is 1.47 bits per heavy atom. The molecule has 1 unspecified atom stereocenters. The number of hydrogen-bond acceptors (Lipinski definition) is 7. The average molecular weight is 236 g/mol. The number of rotatable bonds is 4. The Labute approximate surface area is 94.7 Å². The van der Waals surface area contributed by atoms with Gasteiger partial charge in [-0.2, -0.15) is 0 Å². The summed E-state index contributed by atoms with van der Waals surface area (Å²) >= 11 is 0. The van der Waals surface area contributed by atoms with E-state index in [-0.39, 0.29) is 16.7 Å². The summed E-state index contributed by atoms with van der Waals surface area (Å²) in [6, 6.07) is 2.13. The molecule has 8 nitrogen and oxygen atoms in total. The van der Waals surface area contributed by atoms with Crippen LogP contribution >= 0.6 is 0 Å². The lowest BCUT2D eigenvalue weighted by atomic mass is 10.1. The first-order chi connectivity index (χ1) is 8.19.